The third-order valence-electron chi connectivity index (χ3n) is 6.15. The predicted octanol–water partition coefficient (Wildman–Crippen LogP) is 2.33. The van der Waals surface area contributed by atoms with Gasteiger partial charge in [-0.05, 0) is 31.0 Å². The van der Waals surface area contributed by atoms with E-state index in [1.807, 2.05) is 0 Å². The number of carbonyl (C=O) groups is 1. The minimum absolute atomic E-state index is 0.0951. The van der Waals surface area contributed by atoms with Gasteiger partial charge in [0, 0.05) is 37.1 Å². The number of piperazine rings is 1. The fourth-order valence-electron chi connectivity index (χ4n) is 4.63. The zero-order valence-electron chi connectivity index (χ0n) is 16.0. The molecule has 1 N–H and O–H groups in total. The van der Waals surface area contributed by atoms with Gasteiger partial charge in [-0.15, -0.1) is 0 Å². The number of ether oxygens (including phenoxy) is 1. The van der Waals surface area contributed by atoms with Gasteiger partial charge in [0.1, 0.15) is 5.75 Å². The molecule has 1 aliphatic carbocycles. The molecule has 1 saturated carbocycles. The van der Waals surface area contributed by atoms with Crippen molar-refractivity contribution in [1.29, 1.82) is 0 Å². The van der Waals surface area contributed by atoms with Crippen LogP contribution in [0.3, 0.4) is 0 Å². The standard InChI is InChI=1S/C19H25Cl2N3O4S/c20-13-5-6-16(15(21)11-13)28-12-18(25)23-7-9-24(10-8-23)19-14-3-1-2-4-17(14)29(26,27)22-19/h5-6,11,14,17,19,22H,1-4,7-10,12H2. The zero-order chi connectivity index (χ0) is 20.6. The number of fused-ring (bicyclic) bond motifs is 1. The molecule has 2 heterocycles. The van der Waals surface area contributed by atoms with E-state index in [1.165, 1.54) is 0 Å². The SMILES string of the molecule is O=C(COc1ccc(Cl)cc1Cl)N1CCN(C2NS(=O)(=O)C3CCCCC23)CC1. The Hall–Kier alpha value is -1.06. The van der Waals surface area contributed by atoms with Crippen molar-refractivity contribution in [2.75, 3.05) is 32.8 Å². The molecule has 3 aliphatic rings. The summed E-state index contributed by atoms with van der Waals surface area (Å²) in [5, 5.41) is 0.608. The average Bonchev–Trinajstić information content (AvgIpc) is 2.99. The number of nitrogens with one attached hydrogen (secondary N) is 1. The van der Waals surface area contributed by atoms with Crippen molar-refractivity contribution in [2.24, 2.45) is 5.92 Å². The first-order valence-corrected chi connectivity index (χ1v) is 12.3. The highest BCUT2D eigenvalue weighted by molar-refractivity contribution is 7.90. The smallest absolute Gasteiger partial charge is 0.260 e. The highest BCUT2D eigenvalue weighted by atomic mass is 35.5. The van der Waals surface area contributed by atoms with Gasteiger partial charge in [-0.2, -0.15) is 4.72 Å². The number of nitrogens with zero attached hydrogens (tertiary/aromatic N) is 2. The van der Waals surface area contributed by atoms with Gasteiger partial charge < -0.3 is 9.64 Å². The lowest BCUT2D eigenvalue weighted by molar-refractivity contribution is -0.135. The fourth-order valence-corrected chi connectivity index (χ4v) is 7.15. The second kappa shape index (κ2) is 8.59. The van der Waals surface area contributed by atoms with E-state index >= 15 is 0 Å². The van der Waals surface area contributed by atoms with Crippen molar-refractivity contribution in [2.45, 2.75) is 37.1 Å². The molecule has 10 heteroatoms. The molecule has 3 fully saturated rings. The van der Waals surface area contributed by atoms with E-state index in [4.69, 9.17) is 27.9 Å². The summed E-state index contributed by atoms with van der Waals surface area (Å²) in [6.07, 6.45) is 3.61. The number of rotatable bonds is 4. The van der Waals surface area contributed by atoms with Gasteiger partial charge in [-0.25, -0.2) is 8.42 Å². The Balaban J connectivity index is 1.30. The molecule has 1 aromatic rings. The molecular formula is C19H25Cl2N3O4S. The second-order valence-corrected chi connectivity index (χ2v) is 10.6. The van der Waals surface area contributed by atoms with Crippen LogP contribution < -0.4 is 9.46 Å². The maximum absolute atomic E-state index is 12.5. The van der Waals surface area contributed by atoms with E-state index in [1.54, 1.807) is 23.1 Å². The van der Waals surface area contributed by atoms with E-state index in [0.717, 1.165) is 25.7 Å². The monoisotopic (exact) mass is 461 g/mol. The number of sulfonamides is 1. The van der Waals surface area contributed by atoms with Crippen molar-refractivity contribution < 1.29 is 17.9 Å². The van der Waals surface area contributed by atoms with Crippen LogP contribution in [0.1, 0.15) is 25.7 Å². The topological polar surface area (TPSA) is 79.0 Å². The minimum Gasteiger partial charge on any atom is -0.482 e. The van der Waals surface area contributed by atoms with E-state index in [9.17, 15) is 13.2 Å². The summed E-state index contributed by atoms with van der Waals surface area (Å²) in [5.41, 5.74) is 0. The Bertz CT molecular complexity index is 874. The van der Waals surface area contributed by atoms with Crippen molar-refractivity contribution in [3.8, 4) is 5.75 Å². The molecule has 3 atom stereocenters. The molecule has 0 spiro atoms. The number of hydrogen-bond acceptors (Lipinski definition) is 5. The molecular weight excluding hydrogens is 437 g/mol. The van der Waals surface area contributed by atoms with Gasteiger partial charge in [0.15, 0.2) is 6.61 Å². The maximum atomic E-state index is 12.5. The molecule has 0 bridgehead atoms. The van der Waals surface area contributed by atoms with Gasteiger partial charge in [0.25, 0.3) is 5.91 Å². The summed E-state index contributed by atoms with van der Waals surface area (Å²) in [7, 11) is -3.24. The molecule has 29 heavy (non-hydrogen) atoms. The fraction of sp³-hybridized carbons (Fsp3) is 0.632. The van der Waals surface area contributed by atoms with Crippen molar-refractivity contribution in [3.63, 3.8) is 0 Å². The van der Waals surface area contributed by atoms with Crippen LogP contribution >= 0.6 is 23.2 Å². The quantitative estimate of drug-likeness (QED) is 0.743. The third-order valence-corrected chi connectivity index (χ3v) is 8.63. The summed E-state index contributed by atoms with van der Waals surface area (Å²) in [4.78, 5) is 16.4. The molecule has 0 aromatic heterocycles. The highest BCUT2D eigenvalue weighted by Crippen LogP contribution is 2.38. The van der Waals surface area contributed by atoms with Gasteiger partial charge in [-0.1, -0.05) is 36.0 Å². The summed E-state index contributed by atoms with van der Waals surface area (Å²) >= 11 is 11.9. The lowest BCUT2D eigenvalue weighted by Crippen LogP contribution is -2.56. The van der Waals surface area contributed by atoms with Crippen LogP contribution in [0.4, 0.5) is 0 Å². The Kier molecular flexibility index (Phi) is 6.27. The first-order chi connectivity index (χ1) is 13.8. The van der Waals surface area contributed by atoms with Gasteiger partial charge in [0.05, 0.1) is 16.4 Å². The maximum Gasteiger partial charge on any atom is 0.260 e. The van der Waals surface area contributed by atoms with Gasteiger partial charge in [0.2, 0.25) is 10.0 Å². The molecule has 4 rings (SSSR count). The van der Waals surface area contributed by atoms with Gasteiger partial charge >= 0.3 is 0 Å². The van der Waals surface area contributed by atoms with Crippen molar-refractivity contribution in [1.82, 2.24) is 14.5 Å². The molecule has 7 nitrogen and oxygen atoms in total. The average molecular weight is 462 g/mol. The summed E-state index contributed by atoms with van der Waals surface area (Å²) in [6, 6.07) is 4.87. The van der Waals surface area contributed by atoms with Crippen LogP contribution in [-0.2, 0) is 14.8 Å². The number of halogens is 2. The van der Waals surface area contributed by atoms with E-state index in [-0.39, 0.29) is 29.8 Å². The first-order valence-electron chi connectivity index (χ1n) is 9.96. The molecule has 2 aliphatic heterocycles. The second-order valence-electron chi connectivity index (χ2n) is 7.87. The van der Waals surface area contributed by atoms with Crippen LogP contribution in [0.5, 0.6) is 5.75 Å². The lowest BCUT2D eigenvalue weighted by Gasteiger charge is -2.40. The Morgan fingerprint density at radius 1 is 1.14 bits per heavy atom. The van der Waals surface area contributed by atoms with E-state index in [2.05, 4.69) is 9.62 Å². The zero-order valence-corrected chi connectivity index (χ0v) is 18.3. The first kappa shape index (κ1) is 21.2. The Morgan fingerprint density at radius 3 is 2.59 bits per heavy atom. The van der Waals surface area contributed by atoms with Crippen LogP contribution in [0, 0.1) is 5.92 Å². The normalized spacial score (nSPS) is 29.4. The number of hydrogen-bond donors (Lipinski definition) is 1. The molecule has 3 unspecified atom stereocenters. The highest BCUT2D eigenvalue weighted by Gasteiger charge is 2.49. The van der Waals surface area contributed by atoms with E-state index < -0.39 is 10.0 Å². The van der Waals surface area contributed by atoms with Crippen molar-refractivity contribution in [3.05, 3.63) is 28.2 Å². The van der Waals surface area contributed by atoms with Crippen LogP contribution in [-0.4, -0.2) is 68.3 Å². The summed E-state index contributed by atoms with van der Waals surface area (Å²) < 4.78 is 33.3. The molecule has 1 amide bonds. The number of amides is 1. The Morgan fingerprint density at radius 2 is 1.86 bits per heavy atom. The summed E-state index contributed by atoms with van der Waals surface area (Å²) in [6.45, 7) is 2.29. The van der Waals surface area contributed by atoms with Gasteiger partial charge in [-0.3, -0.25) is 9.69 Å². The largest absolute Gasteiger partial charge is 0.482 e. The molecule has 160 valence electrons. The predicted molar refractivity (Wildman–Crippen MR) is 112 cm³/mol. The van der Waals surface area contributed by atoms with Crippen molar-refractivity contribution >= 4 is 39.1 Å². The Labute approximate surface area is 181 Å². The minimum atomic E-state index is -3.24. The molecule has 1 aromatic carbocycles. The summed E-state index contributed by atoms with van der Waals surface area (Å²) in [5.74, 6) is 0.455. The van der Waals surface area contributed by atoms with Crippen LogP contribution in [0.2, 0.25) is 10.0 Å². The lowest BCUT2D eigenvalue weighted by atomic mass is 9.86. The van der Waals surface area contributed by atoms with Crippen LogP contribution in [0.25, 0.3) is 0 Å². The van der Waals surface area contributed by atoms with Crippen LogP contribution in [0.15, 0.2) is 18.2 Å². The van der Waals surface area contributed by atoms with E-state index in [0.29, 0.717) is 42.0 Å². The number of benzene rings is 1. The molecule has 0 radical (unpaired) electrons. The third kappa shape index (κ3) is 4.51. The molecule has 2 saturated heterocycles. The number of carbonyl (C=O) groups excluding carboxylic acids is 1.